The molecule has 3 N–H and O–H groups in total. The number of hydrogen-bond acceptors (Lipinski definition) is 9. The van der Waals surface area contributed by atoms with Gasteiger partial charge in [-0.1, -0.05) is 11.8 Å². The molecule has 33 heavy (non-hydrogen) atoms. The summed E-state index contributed by atoms with van der Waals surface area (Å²) >= 11 is 1.04. The first kappa shape index (κ1) is 23.2. The summed E-state index contributed by atoms with van der Waals surface area (Å²) in [5.74, 6) is 6.47. The van der Waals surface area contributed by atoms with Crippen LogP contribution in [-0.2, 0) is 10.0 Å². The second kappa shape index (κ2) is 8.75. The van der Waals surface area contributed by atoms with Crippen LogP contribution in [-0.4, -0.2) is 45.6 Å². The Hall–Kier alpha value is -2.98. The van der Waals surface area contributed by atoms with Crippen LogP contribution in [0, 0.1) is 17.0 Å². The molecule has 3 aromatic rings. The Bertz CT molecular complexity index is 1340. The van der Waals surface area contributed by atoms with Crippen molar-refractivity contribution in [1.29, 1.82) is 0 Å². The molecule has 174 valence electrons. The van der Waals surface area contributed by atoms with E-state index in [0.29, 0.717) is 38.4 Å². The molecule has 0 aliphatic heterocycles. The van der Waals surface area contributed by atoms with Crippen LogP contribution in [0.25, 0.3) is 10.7 Å². The lowest BCUT2D eigenvalue weighted by Gasteiger charge is -2.19. The normalized spacial score (nSPS) is 14.1. The van der Waals surface area contributed by atoms with Gasteiger partial charge < -0.3 is 15.6 Å². The van der Waals surface area contributed by atoms with E-state index in [1.165, 1.54) is 12.3 Å². The summed E-state index contributed by atoms with van der Waals surface area (Å²) in [5, 5.41) is 28.1. The molecular formula is C21H23N6O4S2-. The zero-order valence-electron chi connectivity index (χ0n) is 18.3. The second-order valence-electron chi connectivity index (χ2n) is 8.62. The fourth-order valence-corrected chi connectivity index (χ4v) is 5.74. The lowest BCUT2D eigenvalue weighted by Crippen LogP contribution is -2.40. The van der Waals surface area contributed by atoms with E-state index in [4.69, 9.17) is 5.11 Å². The smallest absolute Gasteiger partial charge is 0.250 e. The third-order valence-corrected chi connectivity index (χ3v) is 7.88. The van der Waals surface area contributed by atoms with Crippen molar-refractivity contribution in [1.82, 2.24) is 24.6 Å². The molecule has 10 nitrogen and oxygen atoms in total. The predicted molar refractivity (Wildman–Crippen MR) is 126 cm³/mol. The molecule has 0 spiro atoms. The Balaban J connectivity index is 1.66. The van der Waals surface area contributed by atoms with Gasteiger partial charge in [0.1, 0.15) is 10.8 Å². The maximum atomic E-state index is 12.6. The van der Waals surface area contributed by atoms with E-state index in [2.05, 4.69) is 36.9 Å². The Labute approximate surface area is 195 Å². The molecule has 0 aromatic carbocycles. The molecular weight excluding hydrogens is 464 g/mol. The van der Waals surface area contributed by atoms with E-state index in [1.54, 1.807) is 32.9 Å². The summed E-state index contributed by atoms with van der Waals surface area (Å²) in [6, 6.07) is 4.83. The van der Waals surface area contributed by atoms with E-state index < -0.39 is 15.6 Å². The van der Waals surface area contributed by atoms with Crippen LogP contribution < -0.4 is 10.0 Å². The van der Waals surface area contributed by atoms with Gasteiger partial charge in [0.2, 0.25) is 0 Å². The molecule has 0 atom stereocenters. The van der Waals surface area contributed by atoms with Crippen molar-refractivity contribution in [3.63, 3.8) is 0 Å². The molecule has 12 heteroatoms. The lowest BCUT2D eigenvalue weighted by atomic mass is 10.1. The summed E-state index contributed by atoms with van der Waals surface area (Å²) < 4.78 is 28.0. The number of anilines is 2. The molecule has 0 amide bonds. The Kier molecular flexibility index (Phi) is 6.15. The Morgan fingerprint density at radius 3 is 2.76 bits per heavy atom. The highest BCUT2D eigenvalue weighted by molar-refractivity contribution is 7.91. The van der Waals surface area contributed by atoms with Crippen LogP contribution in [0.15, 0.2) is 28.6 Å². The molecule has 0 radical (unpaired) electrons. The van der Waals surface area contributed by atoms with Gasteiger partial charge in [-0.25, -0.2) is 23.1 Å². The molecule has 4 rings (SSSR count). The van der Waals surface area contributed by atoms with E-state index in [9.17, 15) is 13.6 Å². The number of sulfonamides is 1. The zero-order valence-corrected chi connectivity index (χ0v) is 19.9. The Morgan fingerprint density at radius 1 is 1.33 bits per heavy atom. The van der Waals surface area contributed by atoms with Gasteiger partial charge in [0.25, 0.3) is 10.0 Å². The second-order valence-corrected chi connectivity index (χ2v) is 11.6. The van der Waals surface area contributed by atoms with E-state index >= 15 is 0 Å². The topological polar surface area (TPSA) is 145 Å². The zero-order chi connectivity index (χ0) is 23.8. The Morgan fingerprint density at radius 2 is 2.09 bits per heavy atom. The molecule has 1 aliphatic carbocycles. The minimum Gasteiger partial charge on any atom is -0.790 e. The monoisotopic (exact) mass is 487 g/mol. The average molecular weight is 488 g/mol. The number of nitrogens with one attached hydrogen (secondary N) is 2. The van der Waals surface area contributed by atoms with E-state index in [0.717, 1.165) is 24.2 Å². The van der Waals surface area contributed by atoms with Crippen LogP contribution in [0.2, 0.25) is 0 Å². The minimum atomic E-state index is -3.69. The molecule has 1 saturated carbocycles. The van der Waals surface area contributed by atoms with Crippen LogP contribution in [0.5, 0.6) is 0 Å². The van der Waals surface area contributed by atoms with Crippen molar-refractivity contribution in [2.45, 2.75) is 49.3 Å². The summed E-state index contributed by atoms with van der Waals surface area (Å²) in [6.07, 6.45) is 3.41. The largest absolute Gasteiger partial charge is 0.790 e. The van der Waals surface area contributed by atoms with Crippen molar-refractivity contribution in [2.24, 2.45) is 0 Å². The molecule has 1 fully saturated rings. The molecule has 0 bridgehead atoms. The first-order valence-corrected chi connectivity index (χ1v) is 12.5. The van der Waals surface area contributed by atoms with Crippen LogP contribution >= 0.6 is 11.3 Å². The quantitative estimate of drug-likeness (QED) is 0.450. The number of aromatic nitrogens is 4. The first-order valence-electron chi connectivity index (χ1n) is 10.2. The highest BCUT2D eigenvalue weighted by Gasteiger charge is 2.27. The van der Waals surface area contributed by atoms with Crippen molar-refractivity contribution >= 4 is 33.0 Å². The lowest BCUT2D eigenvalue weighted by molar-refractivity contribution is 0.350. The molecule has 3 heterocycles. The van der Waals surface area contributed by atoms with Crippen molar-refractivity contribution in [3.8, 4) is 22.5 Å². The number of thiophene rings is 1. The first-order chi connectivity index (χ1) is 15.6. The van der Waals surface area contributed by atoms with Crippen LogP contribution in [0.1, 0.15) is 50.8 Å². The van der Waals surface area contributed by atoms with Gasteiger partial charge in [-0.3, -0.25) is 4.85 Å². The third-order valence-electron chi connectivity index (χ3n) is 4.54. The molecule has 0 saturated heterocycles. The summed E-state index contributed by atoms with van der Waals surface area (Å²) in [7, 11) is -3.69. The number of hydrogen-bond donors (Lipinski definition) is 3. The maximum absolute atomic E-state index is 12.6. The number of aliphatic hydroxyl groups is 1. The van der Waals surface area contributed by atoms with Crippen molar-refractivity contribution in [2.75, 3.05) is 11.9 Å². The fourth-order valence-electron chi connectivity index (χ4n) is 3.08. The van der Waals surface area contributed by atoms with Gasteiger partial charge in [0, 0.05) is 29.4 Å². The van der Waals surface area contributed by atoms with Gasteiger partial charge in [-0.05, 0) is 45.7 Å². The number of rotatable bonds is 6. The standard InChI is InChI=1S/C21H23N6O4S2/c1-21(2,3)26-33(30,31)18-9-8-16(32-18)20-22-12-14(5-4-10-28)19(24-20)23-17-11-15(13-6-7-13)27(29)25-17/h8-9,11-13,26,28H,6-7,10H2,1-3H3,(H,22,23,24,25)/q-1. The van der Waals surface area contributed by atoms with Crippen molar-refractivity contribution in [3.05, 3.63) is 40.9 Å². The van der Waals surface area contributed by atoms with Gasteiger partial charge in [0.05, 0.1) is 10.4 Å². The molecule has 1 aliphatic rings. The molecule has 0 unspecified atom stereocenters. The summed E-state index contributed by atoms with van der Waals surface area (Å²) in [5.41, 5.74) is 0.391. The third kappa shape index (κ3) is 5.51. The highest BCUT2D eigenvalue weighted by atomic mass is 32.2. The van der Waals surface area contributed by atoms with Crippen LogP contribution in [0.3, 0.4) is 0 Å². The predicted octanol–water partition coefficient (Wildman–Crippen LogP) is 2.79. The van der Waals surface area contributed by atoms with Gasteiger partial charge in [-0.15, -0.1) is 11.3 Å². The number of aliphatic hydroxyl groups excluding tert-OH is 1. The van der Waals surface area contributed by atoms with Gasteiger partial charge >= 0.3 is 0 Å². The van der Waals surface area contributed by atoms with E-state index in [-0.39, 0.29) is 16.7 Å². The van der Waals surface area contributed by atoms with Gasteiger partial charge in [-0.2, -0.15) is 5.10 Å². The summed E-state index contributed by atoms with van der Waals surface area (Å²) in [6.45, 7) is 4.97. The molecule has 3 aromatic heterocycles. The highest BCUT2D eigenvalue weighted by Crippen LogP contribution is 2.41. The van der Waals surface area contributed by atoms with Crippen molar-refractivity contribution < 1.29 is 13.5 Å². The van der Waals surface area contributed by atoms with Gasteiger partial charge in [0.15, 0.2) is 17.5 Å². The SMILES string of the molecule is CC(C)(C)NS(=O)(=O)c1ccc(-c2ncc(C#CCO)c(Nc3cc(C4CC4)n([O-])n3)n2)s1. The maximum Gasteiger partial charge on any atom is 0.250 e. The fraction of sp³-hybridized carbons (Fsp3) is 0.381. The average Bonchev–Trinajstić information content (AvgIpc) is 3.30. The van der Waals surface area contributed by atoms with Crippen LogP contribution in [0.4, 0.5) is 11.6 Å². The van der Waals surface area contributed by atoms with E-state index in [1.807, 2.05) is 0 Å². The minimum absolute atomic E-state index is 0.147. The summed E-state index contributed by atoms with van der Waals surface area (Å²) in [4.78, 5) is 9.96. The number of nitrogens with zero attached hydrogens (tertiary/aromatic N) is 4.